The van der Waals surface area contributed by atoms with Gasteiger partial charge in [-0.3, -0.25) is 9.59 Å². The Morgan fingerprint density at radius 1 is 0.917 bits per heavy atom. The van der Waals surface area contributed by atoms with Gasteiger partial charge in [-0.25, -0.2) is 0 Å². The molecule has 24 heavy (non-hydrogen) atoms. The van der Waals surface area contributed by atoms with Crippen molar-refractivity contribution in [2.45, 2.75) is 25.3 Å². The zero-order valence-electron chi connectivity index (χ0n) is 13.6. The van der Waals surface area contributed by atoms with Crippen LogP contribution in [-0.4, -0.2) is 18.4 Å². The lowest BCUT2D eigenvalue weighted by molar-refractivity contribution is -0.126. The summed E-state index contributed by atoms with van der Waals surface area (Å²) in [6, 6.07) is 19.6. The number of hydrogen-bond donors (Lipinski definition) is 2. The van der Waals surface area contributed by atoms with Gasteiger partial charge in [-0.1, -0.05) is 60.7 Å². The molecule has 0 saturated heterocycles. The van der Waals surface area contributed by atoms with Crippen molar-refractivity contribution in [2.75, 3.05) is 6.54 Å². The highest BCUT2D eigenvalue weighted by atomic mass is 16.2. The van der Waals surface area contributed by atoms with E-state index in [1.165, 1.54) is 0 Å². The number of carbonyl (C=O) groups is 2. The smallest absolute Gasteiger partial charge is 0.239 e. The van der Waals surface area contributed by atoms with Gasteiger partial charge in [0.2, 0.25) is 11.8 Å². The van der Waals surface area contributed by atoms with Crippen molar-refractivity contribution < 1.29 is 9.59 Å². The normalized spacial score (nSPS) is 14.7. The van der Waals surface area contributed by atoms with Crippen molar-refractivity contribution in [1.82, 2.24) is 10.6 Å². The number of benzene rings is 2. The first kappa shape index (κ1) is 16.2. The Hall–Kier alpha value is -2.62. The van der Waals surface area contributed by atoms with Crippen molar-refractivity contribution in [3.63, 3.8) is 0 Å². The average molecular weight is 322 g/mol. The van der Waals surface area contributed by atoms with E-state index in [-0.39, 0.29) is 24.4 Å². The molecule has 2 N–H and O–H groups in total. The highest BCUT2D eigenvalue weighted by molar-refractivity contribution is 5.85. The summed E-state index contributed by atoms with van der Waals surface area (Å²) in [5.74, 6) is 0.229. The van der Waals surface area contributed by atoms with E-state index in [2.05, 4.69) is 10.6 Å². The Morgan fingerprint density at radius 2 is 1.54 bits per heavy atom. The van der Waals surface area contributed by atoms with Gasteiger partial charge < -0.3 is 10.6 Å². The molecule has 0 aliphatic heterocycles. The number of hydrogen-bond acceptors (Lipinski definition) is 2. The first-order chi connectivity index (χ1) is 11.7. The predicted molar refractivity (Wildman–Crippen MR) is 93.2 cm³/mol. The van der Waals surface area contributed by atoms with Crippen LogP contribution in [-0.2, 0) is 16.0 Å². The number of amides is 2. The number of nitrogens with one attached hydrogen (secondary N) is 2. The van der Waals surface area contributed by atoms with Gasteiger partial charge >= 0.3 is 0 Å². The van der Waals surface area contributed by atoms with Crippen LogP contribution in [0.5, 0.6) is 0 Å². The van der Waals surface area contributed by atoms with E-state index < -0.39 is 0 Å². The summed E-state index contributed by atoms with van der Waals surface area (Å²) >= 11 is 0. The van der Waals surface area contributed by atoms with E-state index in [1.807, 2.05) is 60.7 Å². The molecule has 0 aromatic heterocycles. The van der Waals surface area contributed by atoms with E-state index in [4.69, 9.17) is 0 Å². The Balaban J connectivity index is 1.48. The third-order valence-corrected chi connectivity index (χ3v) is 4.22. The Labute approximate surface area is 142 Å². The summed E-state index contributed by atoms with van der Waals surface area (Å²) in [5.41, 5.74) is 2.07. The predicted octanol–water partition coefficient (Wildman–Crippen LogP) is 2.61. The first-order valence-corrected chi connectivity index (χ1v) is 8.37. The summed E-state index contributed by atoms with van der Waals surface area (Å²) in [7, 11) is 0. The van der Waals surface area contributed by atoms with Gasteiger partial charge in [0.15, 0.2) is 0 Å². The molecule has 1 aliphatic rings. The maximum Gasteiger partial charge on any atom is 0.239 e. The molecule has 0 bridgehead atoms. The number of rotatable bonds is 7. The lowest BCUT2D eigenvalue weighted by Crippen LogP contribution is -2.39. The van der Waals surface area contributed by atoms with Crippen LogP contribution in [0.2, 0.25) is 0 Å². The van der Waals surface area contributed by atoms with Crippen LogP contribution in [0.15, 0.2) is 60.7 Å². The van der Waals surface area contributed by atoms with Crippen molar-refractivity contribution in [2.24, 2.45) is 5.92 Å². The molecule has 2 aromatic carbocycles. The quantitative estimate of drug-likeness (QED) is 0.823. The maximum atomic E-state index is 12.2. The van der Waals surface area contributed by atoms with Crippen LogP contribution < -0.4 is 10.6 Å². The molecule has 2 aromatic rings. The summed E-state index contributed by atoms with van der Waals surface area (Å²) in [6.07, 6.45) is 2.57. The molecule has 1 aliphatic carbocycles. The second-order valence-electron chi connectivity index (χ2n) is 6.23. The Bertz CT molecular complexity index is 681. The van der Waals surface area contributed by atoms with E-state index in [0.29, 0.717) is 12.3 Å². The lowest BCUT2D eigenvalue weighted by Gasteiger charge is -2.19. The zero-order valence-corrected chi connectivity index (χ0v) is 13.6. The minimum Gasteiger partial charge on any atom is -0.347 e. The van der Waals surface area contributed by atoms with Gasteiger partial charge in [-0.05, 0) is 29.9 Å². The first-order valence-electron chi connectivity index (χ1n) is 8.37. The van der Waals surface area contributed by atoms with Gasteiger partial charge in [-0.15, -0.1) is 0 Å². The lowest BCUT2D eigenvalue weighted by atomic mass is 10.0. The monoisotopic (exact) mass is 322 g/mol. The van der Waals surface area contributed by atoms with Gasteiger partial charge in [0, 0.05) is 0 Å². The van der Waals surface area contributed by atoms with Gasteiger partial charge in [0.1, 0.15) is 0 Å². The minimum atomic E-state index is -0.142. The Morgan fingerprint density at radius 3 is 2.17 bits per heavy atom. The summed E-state index contributed by atoms with van der Waals surface area (Å²) in [4.78, 5) is 24.1. The molecular weight excluding hydrogens is 300 g/mol. The largest absolute Gasteiger partial charge is 0.347 e. The van der Waals surface area contributed by atoms with Crippen LogP contribution in [0.1, 0.15) is 30.0 Å². The zero-order chi connectivity index (χ0) is 16.8. The molecule has 124 valence electrons. The van der Waals surface area contributed by atoms with Crippen LogP contribution in [0, 0.1) is 5.92 Å². The molecule has 0 heterocycles. The van der Waals surface area contributed by atoms with Crippen molar-refractivity contribution in [3.05, 3.63) is 71.8 Å². The molecule has 1 atom stereocenters. The third-order valence-electron chi connectivity index (χ3n) is 4.22. The topological polar surface area (TPSA) is 58.2 Å². The van der Waals surface area contributed by atoms with E-state index in [1.54, 1.807) is 0 Å². The number of carbonyl (C=O) groups excluding carboxylic acids is 2. The molecule has 0 radical (unpaired) electrons. The summed E-state index contributed by atoms with van der Waals surface area (Å²) in [6.45, 7) is 0.0156. The SMILES string of the molecule is O=C(Cc1ccccc1)NCC(=O)N[C@H](c1ccccc1)C1CC1. The highest BCUT2D eigenvalue weighted by Crippen LogP contribution is 2.40. The fourth-order valence-corrected chi connectivity index (χ4v) is 2.81. The molecule has 4 nitrogen and oxygen atoms in total. The van der Waals surface area contributed by atoms with Gasteiger partial charge in [-0.2, -0.15) is 0 Å². The third kappa shape index (κ3) is 4.69. The highest BCUT2D eigenvalue weighted by Gasteiger charge is 2.33. The maximum absolute atomic E-state index is 12.2. The molecule has 2 amide bonds. The molecule has 0 unspecified atom stereocenters. The molecule has 1 fully saturated rings. The average Bonchev–Trinajstić information content (AvgIpc) is 3.44. The summed E-state index contributed by atoms with van der Waals surface area (Å²) in [5, 5.41) is 5.76. The fraction of sp³-hybridized carbons (Fsp3) is 0.300. The van der Waals surface area contributed by atoms with E-state index in [9.17, 15) is 9.59 Å². The van der Waals surface area contributed by atoms with Crippen LogP contribution in [0.25, 0.3) is 0 Å². The van der Waals surface area contributed by atoms with Crippen molar-refractivity contribution in [1.29, 1.82) is 0 Å². The van der Waals surface area contributed by atoms with Crippen LogP contribution >= 0.6 is 0 Å². The molecule has 4 heteroatoms. The molecule has 0 spiro atoms. The fourth-order valence-electron chi connectivity index (χ4n) is 2.81. The van der Waals surface area contributed by atoms with Gasteiger partial charge in [0.05, 0.1) is 19.0 Å². The molecule has 3 rings (SSSR count). The Kier molecular flexibility index (Phi) is 5.26. The van der Waals surface area contributed by atoms with Crippen LogP contribution in [0.4, 0.5) is 0 Å². The standard InChI is InChI=1S/C20H22N2O2/c23-18(13-15-7-3-1-4-8-15)21-14-19(24)22-20(17-11-12-17)16-9-5-2-6-10-16/h1-10,17,20H,11-14H2,(H,21,23)(H,22,24)/t20-/m1/s1. The second-order valence-corrected chi connectivity index (χ2v) is 6.23. The second kappa shape index (κ2) is 7.77. The van der Waals surface area contributed by atoms with E-state index in [0.717, 1.165) is 24.0 Å². The van der Waals surface area contributed by atoms with E-state index >= 15 is 0 Å². The van der Waals surface area contributed by atoms with Gasteiger partial charge in [0.25, 0.3) is 0 Å². The van der Waals surface area contributed by atoms with Crippen LogP contribution in [0.3, 0.4) is 0 Å². The van der Waals surface area contributed by atoms with Crippen molar-refractivity contribution >= 4 is 11.8 Å². The minimum absolute atomic E-state index is 0.0156. The molecule has 1 saturated carbocycles. The summed E-state index contributed by atoms with van der Waals surface area (Å²) < 4.78 is 0. The molecular formula is C20H22N2O2. The van der Waals surface area contributed by atoms with Crippen molar-refractivity contribution in [3.8, 4) is 0 Å².